The van der Waals surface area contributed by atoms with Crippen molar-refractivity contribution in [1.82, 2.24) is 0 Å². The Morgan fingerprint density at radius 2 is 1.89 bits per heavy atom. The summed E-state index contributed by atoms with van der Waals surface area (Å²) in [5.41, 5.74) is 1.26. The Kier molecular flexibility index (Phi) is 3.62. The molecule has 0 aliphatic carbocycles. The first kappa shape index (κ1) is 12.6. The monoisotopic (exact) mass is 264 g/mol. The quantitative estimate of drug-likeness (QED) is 0.799. The molecule has 0 saturated carbocycles. The van der Waals surface area contributed by atoms with Crippen LogP contribution < -0.4 is 0 Å². The molecule has 0 spiro atoms. The number of carbonyl (C=O) groups excluding carboxylic acids is 1. The Bertz CT molecular complexity index is 583. The molecule has 0 bridgehead atoms. The molecule has 1 unspecified atom stereocenters. The zero-order chi connectivity index (χ0) is 13.1. The van der Waals surface area contributed by atoms with E-state index in [4.69, 9.17) is 4.42 Å². The topological polar surface area (TPSA) is 56.5 Å². The van der Waals surface area contributed by atoms with Crippen LogP contribution >= 0.6 is 0 Å². The van der Waals surface area contributed by atoms with Crippen molar-refractivity contribution in [2.45, 2.75) is 16.9 Å². The summed E-state index contributed by atoms with van der Waals surface area (Å²) in [6.07, 6.45) is 1.33. The van der Waals surface area contributed by atoms with E-state index in [1.807, 2.05) is 19.1 Å². The number of hydrogen-bond donors (Lipinski definition) is 0. The molecule has 4 nitrogen and oxygen atoms in total. The average Bonchev–Trinajstić information content (AvgIpc) is 2.87. The minimum atomic E-state index is -1.53. The highest BCUT2D eigenvalue weighted by molar-refractivity contribution is 7.85. The Morgan fingerprint density at radius 1 is 1.22 bits per heavy atom. The Labute approximate surface area is 107 Å². The molecule has 1 atom stereocenters. The lowest BCUT2D eigenvalue weighted by Gasteiger charge is -2.02. The number of carbonyl (C=O) groups is 1. The van der Waals surface area contributed by atoms with Gasteiger partial charge in [0.25, 0.3) is 0 Å². The second-order valence-electron chi connectivity index (χ2n) is 3.70. The fourth-order valence-electron chi connectivity index (χ4n) is 1.47. The van der Waals surface area contributed by atoms with Crippen LogP contribution in [0.4, 0.5) is 0 Å². The summed E-state index contributed by atoms with van der Waals surface area (Å²) in [4.78, 5) is 12.1. The van der Waals surface area contributed by atoms with Crippen LogP contribution in [0.3, 0.4) is 0 Å². The van der Waals surface area contributed by atoms with E-state index in [0.717, 1.165) is 5.56 Å². The molecule has 0 aliphatic rings. The minimum Gasteiger partial charge on any atom is -0.465 e. The van der Waals surface area contributed by atoms with Gasteiger partial charge in [0, 0.05) is 4.90 Å². The van der Waals surface area contributed by atoms with Crippen LogP contribution in [-0.4, -0.2) is 17.3 Å². The fraction of sp³-hybridized carbons (Fsp3) is 0.154. The molecule has 0 fully saturated rings. The summed E-state index contributed by atoms with van der Waals surface area (Å²) in [7, 11) is -0.253. The number of rotatable bonds is 3. The smallest absolute Gasteiger partial charge is 0.342 e. The number of aryl methyl sites for hydroxylation is 1. The van der Waals surface area contributed by atoms with Crippen molar-refractivity contribution in [2.75, 3.05) is 7.11 Å². The van der Waals surface area contributed by atoms with Crippen LogP contribution in [0.15, 0.2) is 51.0 Å². The highest BCUT2D eigenvalue weighted by Crippen LogP contribution is 2.22. The third kappa shape index (κ3) is 2.36. The Balaban J connectivity index is 2.37. The van der Waals surface area contributed by atoms with Crippen LogP contribution in [0, 0.1) is 6.92 Å². The first-order chi connectivity index (χ1) is 8.63. The van der Waals surface area contributed by atoms with E-state index in [1.54, 1.807) is 12.1 Å². The van der Waals surface area contributed by atoms with Gasteiger partial charge in [0.2, 0.25) is 5.09 Å². The van der Waals surface area contributed by atoms with E-state index in [0.29, 0.717) is 4.90 Å². The predicted molar refractivity (Wildman–Crippen MR) is 65.9 cm³/mol. The third-order valence-corrected chi connectivity index (χ3v) is 3.79. The van der Waals surface area contributed by atoms with Gasteiger partial charge in [0.15, 0.2) is 0 Å². The molecule has 0 radical (unpaired) electrons. The molecule has 0 amide bonds. The van der Waals surface area contributed by atoms with E-state index >= 15 is 0 Å². The zero-order valence-electron chi connectivity index (χ0n) is 10.0. The lowest BCUT2D eigenvalue weighted by molar-refractivity contribution is 0.0593. The van der Waals surface area contributed by atoms with Crippen LogP contribution in [0.25, 0.3) is 0 Å². The highest BCUT2D eigenvalue weighted by Gasteiger charge is 2.21. The first-order valence-corrected chi connectivity index (χ1v) is 6.42. The summed E-state index contributed by atoms with van der Waals surface area (Å²) in [6, 6.07) is 8.65. The van der Waals surface area contributed by atoms with Crippen molar-refractivity contribution in [1.29, 1.82) is 0 Å². The molecule has 1 heterocycles. The molecule has 2 rings (SSSR count). The lowest BCUT2D eigenvalue weighted by atomic mass is 10.2. The van der Waals surface area contributed by atoms with Crippen molar-refractivity contribution in [3.8, 4) is 0 Å². The fourth-order valence-corrected chi connectivity index (χ4v) is 2.56. The SMILES string of the molecule is COC(=O)c1ccoc1S(=O)c1ccc(C)cc1. The summed E-state index contributed by atoms with van der Waals surface area (Å²) < 4.78 is 22.0. The number of furan rings is 1. The first-order valence-electron chi connectivity index (χ1n) is 5.27. The van der Waals surface area contributed by atoms with E-state index in [-0.39, 0.29) is 10.7 Å². The van der Waals surface area contributed by atoms with Gasteiger partial charge in [-0.25, -0.2) is 9.00 Å². The summed E-state index contributed by atoms with van der Waals surface area (Å²) in [6.45, 7) is 1.94. The molecule has 1 aromatic heterocycles. The van der Waals surface area contributed by atoms with Gasteiger partial charge in [0.05, 0.1) is 13.4 Å². The summed E-state index contributed by atoms with van der Waals surface area (Å²) in [5.74, 6) is -0.556. The second kappa shape index (κ2) is 5.18. The standard InChI is InChI=1S/C13H12O4S/c1-9-3-5-10(6-4-9)18(15)13-11(7-8-17-13)12(14)16-2/h3-8H,1-2H3. The molecule has 2 aromatic rings. The molecule has 5 heteroatoms. The molecular weight excluding hydrogens is 252 g/mol. The molecule has 0 saturated heterocycles. The van der Waals surface area contributed by atoms with E-state index in [2.05, 4.69) is 4.74 Å². The maximum absolute atomic E-state index is 12.3. The zero-order valence-corrected chi connectivity index (χ0v) is 10.8. The van der Waals surface area contributed by atoms with Gasteiger partial charge < -0.3 is 9.15 Å². The van der Waals surface area contributed by atoms with Gasteiger partial charge in [-0.2, -0.15) is 0 Å². The maximum atomic E-state index is 12.3. The van der Waals surface area contributed by atoms with Crippen LogP contribution in [0.2, 0.25) is 0 Å². The number of hydrogen-bond acceptors (Lipinski definition) is 4. The largest absolute Gasteiger partial charge is 0.465 e. The highest BCUT2D eigenvalue weighted by atomic mass is 32.2. The van der Waals surface area contributed by atoms with Gasteiger partial charge >= 0.3 is 5.97 Å². The summed E-state index contributed by atoms with van der Waals surface area (Å²) in [5, 5.41) is 0.116. The number of methoxy groups -OCH3 is 1. The molecule has 1 aromatic carbocycles. The van der Waals surface area contributed by atoms with Crippen molar-refractivity contribution >= 4 is 16.8 Å². The van der Waals surface area contributed by atoms with Gasteiger partial charge in [-0.05, 0) is 25.1 Å². The van der Waals surface area contributed by atoms with Crippen molar-refractivity contribution in [2.24, 2.45) is 0 Å². The van der Waals surface area contributed by atoms with Crippen LogP contribution in [0.1, 0.15) is 15.9 Å². The van der Waals surface area contributed by atoms with E-state index in [1.165, 1.54) is 19.4 Å². The summed E-state index contributed by atoms with van der Waals surface area (Å²) >= 11 is 0. The van der Waals surface area contributed by atoms with Crippen molar-refractivity contribution in [3.63, 3.8) is 0 Å². The van der Waals surface area contributed by atoms with Crippen LogP contribution in [-0.2, 0) is 15.5 Å². The number of esters is 1. The van der Waals surface area contributed by atoms with Gasteiger partial charge in [-0.15, -0.1) is 0 Å². The normalized spacial score (nSPS) is 12.1. The molecule has 0 N–H and O–H groups in total. The maximum Gasteiger partial charge on any atom is 0.342 e. The molecule has 18 heavy (non-hydrogen) atoms. The third-order valence-electron chi connectivity index (χ3n) is 2.44. The number of ether oxygens (including phenoxy) is 1. The van der Waals surface area contributed by atoms with Crippen LogP contribution in [0.5, 0.6) is 0 Å². The van der Waals surface area contributed by atoms with E-state index in [9.17, 15) is 9.00 Å². The van der Waals surface area contributed by atoms with Gasteiger partial charge in [-0.3, -0.25) is 0 Å². The number of benzene rings is 1. The Morgan fingerprint density at radius 3 is 2.50 bits per heavy atom. The van der Waals surface area contributed by atoms with Gasteiger partial charge in [-0.1, -0.05) is 17.7 Å². The molecular formula is C13H12O4S. The minimum absolute atomic E-state index is 0.116. The second-order valence-corrected chi connectivity index (χ2v) is 5.07. The predicted octanol–water partition coefficient (Wildman–Crippen LogP) is 2.54. The average molecular weight is 264 g/mol. The Hall–Kier alpha value is -1.88. The van der Waals surface area contributed by atoms with Gasteiger partial charge in [0.1, 0.15) is 16.4 Å². The van der Waals surface area contributed by atoms with Crippen molar-refractivity contribution in [3.05, 3.63) is 47.7 Å². The molecule has 94 valence electrons. The molecule has 0 aliphatic heterocycles. The van der Waals surface area contributed by atoms with E-state index < -0.39 is 16.8 Å². The van der Waals surface area contributed by atoms with Crippen molar-refractivity contribution < 1.29 is 18.2 Å². The lowest BCUT2D eigenvalue weighted by Crippen LogP contribution is -2.04.